The lowest BCUT2D eigenvalue weighted by Crippen LogP contribution is -2.45. The minimum Gasteiger partial charge on any atom is -0.394 e. The maximum atomic E-state index is 12.5. The van der Waals surface area contributed by atoms with E-state index in [1.807, 2.05) is 6.08 Å². The number of hydrogen-bond donors (Lipinski definition) is 3. The zero-order valence-electron chi connectivity index (χ0n) is 47.8. The van der Waals surface area contributed by atoms with Crippen LogP contribution >= 0.6 is 0 Å². The van der Waals surface area contributed by atoms with E-state index in [0.717, 1.165) is 32.1 Å². The van der Waals surface area contributed by atoms with Crippen LogP contribution in [-0.4, -0.2) is 34.9 Å². The van der Waals surface area contributed by atoms with Crippen molar-refractivity contribution < 1.29 is 15.0 Å². The van der Waals surface area contributed by atoms with Crippen LogP contribution in [0.25, 0.3) is 0 Å². The van der Waals surface area contributed by atoms with Gasteiger partial charge in [0.2, 0.25) is 5.91 Å². The van der Waals surface area contributed by atoms with Crippen molar-refractivity contribution in [2.24, 2.45) is 0 Å². The first-order chi connectivity index (χ1) is 34.7. The number of aliphatic hydroxyl groups excluding tert-OH is 2. The molecule has 4 heteroatoms. The fourth-order valence-corrected chi connectivity index (χ4v) is 10.2. The Morgan fingerprint density at radius 1 is 0.329 bits per heavy atom. The van der Waals surface area contributed by atoms with Crippen molar-refractivity contribution in [3.05, 3.63) is 36.5 Å². The van der Waals surface area contributed by atoms with Crippen LogP contribution in [0, 0.1) is 0 Å². The first kappa shape index (κ1) is 68.6. The van der Waals surface area contributed by atoms with Gasteiger partial charge in [0.1, 0.15) is 0 Å². The molecule has 0 rings (SSSR count). The molecular weight excluding hydrogens is 855 g/mol. The summed E-state index contributed by atoms with van der Waals surface area (Å²) in [5, 5.41) is 23.2. The average Bonchev–Trinajstić information content (AvgIpc) is 3.36. The minimum absolute atomic E-state index is 0.0664. The molecule has 0 bridgehead atoms. The predicted octanol–water partition coefficient (Wildman–Crippen LogP) is 21.6. The number of aliphatic hydroxyl groups is 2. The van der Waals surface area contributed by atoms with Crippen molar-refractivity contribution in [2.45, 2.75) is 373 Å². The summed E-state index contributed by atoms with van der Waals surface area (Å²) in [6.45, 7) is 4.34. The zero-order chi connectivity index (χ0) is 50.6. The molecule has 1 amide bonds. The van der Waals surface area contributed by atoms with Crippen molar-refractivity contribution in [3.63, 3.8) is 0 Å². The Morgan fingerprint density at radius 3 is 0.829 bits per heavy atom. The van der Waals surface area contributed by atoms with Gasteiger partial charge in [-0.3, -0.25) is 4.79 Å². The van der Waals surface area contributed by atoms with Crippen LogP contribution in [-0.2, 0) is 4.79 Å². The molecule has 3 N–H and O–H groups in total. The molecule has 0 aromatic rings. The summed E-state index contributed by atoms with van der Waals surface area (Å²) in [7, 11) is 0. The number of carbonyl (C=O) groups is 1. The number of allylic oxidation sites excluding steroid dienone is 5. The zero-order valence-corrected chi connectivity index (χ0v) is 47.8. The van der Waals surface area contributed by atoms with Crippen LogP contribution in [0.4, 0.5) is 0 Å². The summed E-state index contributed by atoms with van der Waals surface area (Å²) in [6.07, 6.45) is 85.0. The van der Waals surface area contributed by atoms with Gasteiger partial charge in [-0.1, -0.05) is 333 Å². The van der Waals surface area contributed by atoms with E-state index < -0.39 is 12.1 Å². The van der Waals surface area contributed by atoms with Crippen molar-refractivity contribution >= 4 is 5.91 Å². The van der Waals surface area contributed by atoms with Gasteiger partial charge in [-0.15, -0.1) is 0 Å². The summed E-state index contributed by atoms with van der Waals surface area (Å²) in [5.41, 5.74) is 0. The lowest BCUT2D eigenvalue weighted by molar-refractivity contribution is -0.123. The molecule has 0 aliphatic rings. The fraction of sp³-hybridized carbons (Fsp3) is 0.894. The predicted molar refractivity (Wildman–Crippen MR) is 313 cm³/mol. The van der Waals surface area contributed by atoms with Gasteiger partial charge >= 0.3 is 0 Å². The molecule has 0 spiro atoms. The first-order valence-electron chi connectivity index (χ1n) is 32.2. The fourth-order valence-electron chi connectivity index (χ4n) is 10.2. The van der Waals surface area contributed by atoms with E-state index in [2.05, 4.69) is 43.5 Å². The van der Waals surface area contributed by atoms with E-state index in [1.165, 1.54) is 308 Å². The SMILES string of the molecule is CCCCCCCCCC/C=C\CCCCCCCCCCCCCCCCCCCCCCCC(=O)NC(CO)C(O)/C=C/CC/C=C/CCCCCCCCCCCCCCCCCCCCC. The lowest BCUT2D eigenvalue weighted by Gasteiger charge is -2.19. The number of hydrogen-bond acceptors (Lipinski definition) is 3. The highest BCUT2D eigenvalue weighted by Crippen LogP contribution is 2.18. The molecule has 0 heterocycles. The van der Waals surface area contributed by atoms with E-state index in [0.29, 0.717) is 6.42 Å². The van der Waals surface area contributed by atoms with Gasteiger partial charge in [0, 0.05) is 6.42 Å². The first-order valence-corrected chi connectivity index (χ1v) is 32.2. The number of amides is 1. The average molecular weight is 983 g/mol. The number of nitrogens with one attached hydrogen (secondary N) is 1. The molecule has 4 nitrogen and oxygen atoms in total. The molecule has 0 saturated carbocycles. The molecular formula is C66H127NO3. The van der Waals surface area contributed by atoms with E-state index in [1.54, 1.807) is 6.08 Å². The number of unbranched alkanes of at least 4 members (excludes halogenated alkanes) is 49. The maximum Gasteiger partial charge on any atom is 0.220 e. The third-order valence-electron chi connectivity index (χ3n) is 15.1. The topological polar surface area (TPSA) is 69.6 Å². The smallest absolute Gasteiger partial charge is 0.220 e. The van der Waals surface area contributed by atoms with Gasteiger partial charge in [0.15, 0.2) is 0 Å². The second-order valence-electron chi connectivity index (χ2n) is 22.2. The molecule has 414 valence electrons. The molecule has 0 aliphatic carbocycles. The van der Waals surface area contributed by atoms with Crippen molar-refractivity contribution in [1.82, 2.24) is 5.32 Å². The van der Waals surface area contributed by atoms with Gasteiger partial charge in [0.25, 0.3) is 0 Å². The van der Waals surface area contributed by atoms with Crippen LogP contribution in [0.15, 0.2) is 36.5 Å². The van der Waals surface area contributed by atoms with Gasteiger partial charge in [-0.2, -0.15) is 0 Å². The highest BCUT2D eigenvalue weighted by atomic mass is 16.3. The van der Waals surface area contributed by atoms with E-state index in [4.69, 9.17) is 0 Å². The normalized spacial score (nSPS) is 12.9. The number of carbonyl (C=O) groups excluding carboxylic acids is 1. The van der Waals surface area contributed by atoms with Gasteiger partial charge in [0.05, 0.1) is 18.8 Å². The molecule has 0 radical (unpaired) electrons. The Hall–Kier alpha value is -1.39. The van der Waals surface area contributed by atoms with Crippen LogP contribution in [0.2, 0.25) is 0 Å². The Morgan fingerprint density at radius 2 is 0.557 bits per heavy atom. The molecule has 0 aliphatic heterocycles. The van der Waals surface area contributed by atoms with E-state index >= 15 is 0 Å². The van der Waals surface area contributed by atoms with Gasteiger partial charge in [-0.05, 0) is 57.8 Å². The second kappa shape index (κ2) is 61.9. The minimum atomic E-state index is -0.862. The van der Waals surface area contributed by atoms with Crippen LogP contribution < -0.4 is 5.32 Å². The third-order valence-corrected chi connectivity index (χ3v) is 15.1. The maximum absolute atomic E-state index is 12.5. The van der Waals surface area contributed by atoms with Crippen LogP contribution in [0.1, 0.15) is 361 Å². The summed E-state index contributed by atoms with van der Waals surface area (Å²) >= 11 is 0. The van der Waals surface area contributed by atoms with Crippen molar-refractivity contribution in [1.29, 1.82) is 0 Å². The Kier molecular flexibility index (Phi) is 60.7. The highest BCUT2D eigenvalue weighted by Gasteiger charge is 2.18. The Bertz CT molecular complexity index is 1070. The Labute approximate surface area is 440 Å². The number of rotatable bonds is 60. The monoisotopic (exact) mass is 982 g/mol. The Balaban J connectivity index is 3.45. The molecule has 0 aromatic carbocycles. The largest absolute Gasteiger partial charge is 0.394 e. The van der Waals surface area contributed by atoms with Crippen LogP contribution in [0.3, 0.4) is 0 Å². The molecule has 2 unspecified atom stereocenters. The third kappa shape index (κ3) is 57.5. The summed E-state index contributed by atoms with van der Waals surface area (Å²) in [6, 6.07) is -0.638. The summed E-state index contributed by atoms with van der Waals surface area (Å²) in [4.78, 5) is 12.5. The standard InChI is InChI=1S/C66H127NO3/c1-3-5-7-9-11-13-15-17-19-21-23-25-27-29-30-31-32-33-34-35-36-38-40-42-44-46-48-50-52-54-56-58-60-62-66(70)67-64(63-68)65(69)61-59-57-55-53-51-49-47-45-43-41-39-37-28-26-24-22-20-18-16-14-12-10-8-6-4-2/h21,23,51,53,59,61,64-65,68-69H,3-20,22,24-50,52,54-58,60,62-63H2,1-2H3,(H,67,70)/b23-21-,53-51+,61-59+. The molecule has 2 atom stereocenters. The summed E-state index contributed by atoms with van der Waals surface area (Å²) < 4.78 is 0. The van der Waals surface area contributed by atoms with E-state index in [-0.39, 0.29) is 12.5 Å². The molecule has 0 aromatic heterocycles. The van der Waals surface area contributed by atoms with E-state index in [9.17, 15) is 15.0 Å². The van der Waals surface area contributed by atoms with Gasteiger partial charge < -0.3 is 15.5 Å². The van der Waals surface area contributed by atoms with Crippen molar-refractivity contribution in [3.8, 4) is 0 Å². The lowest BCUT2D eigenvalue weighted by atomic mass is 10.0. The molecule has 70 heavy (non-hydrogen) atoms. The van der Waals surface area contributed by atoms with Gasteiger partial charge in [-0.25, -0.2) is 0 Å². The highest BCUT2D eigenvalue weighted by molar-refractivity contribution is 5.76. The quantitative estimate of drug-likeness (QED) is 0.0420. The van der Waals surface area contributed by atoms with Crippen molar-refractivity contribution in [2.75, 3.05) is 6.61 Å². The molecule has 0 fully saturated rings. The van der Waals surface area contributed by atoms with Crippen LogP contribution in [0.5, 0.6) is 0 Å². The second-order valence-corrected chi connectivity index (χ2v) is 22.2. The summed E-state index contributed by atoms with van der Waals surface area (Å²) in [5.74, 6) is -0.0664. The molecule has 0 saturated heterocycles.